The lowest BCUT2D eigenvalue weighted by Crippen LogP contribution is -2.31. The minimum Gasteiger partial charge on any atom is -0.496 e. The Balaban J connectivity index is 1.33. The summed E-state index contributed by atoms with van der Waals surface area (Å²) in [6, 6.07) is 12.4. The molecule has 158 valence electrons. The van der Waals surface area contributed by atoms with Crippen molar-refractivity contribution in [2.45, 2.75) is 18.9 Å². The van der Waals surface area contributed by atoms with Crippen LogP contribution < -0.4 is 10.1 Å². The van der Waals surface area contributed by atoms with Gasteiger partial charge in [-0.3, -0.25) is 0 Å². The van der Waals surface area contributed by atoms with E-state index in [1.54, 1.807) is 13.4 Å². The zero-order valence-electron chi connectivity index (χ0n) is 17.5. The minimum absolute atomic E-state index is 0.258. The largest absolute Gasteiger partial charge is 0.496 e. The predicted octanol–water partition coefficient (Wildman–Crippen LogP) is 3.68. The van der Waals surface area contributed by atoms with E-state index >= 15 is 0 Å². The van der Waals surface area contributed by atoms with Crippen molar-refractivity contribution in [3.05, 3.63) is 60.7 Å². The first kappa shape index (κ1) is 19.4. The number of fused-ring (bicyclic) bond motifs is 1. The number of ether oxygens (including phenoxy) is 2. The first-order valence-electron chi connectivity index (χ1n) is 10.3. The average molecular weight is 416 g/mol. The molecule has 8 heteroatoms. The molecule has 31 heavy (non-hydrogen) atoms. The highest BCUT2D eigenvalue weighted by Gasteiger charge is 2.23. The Bertz CT molecular complexity index is 1200. The molecule has 1 aliphatic rings. The lowest BCUT2D eigenvalue weighted by atomic mass is 10.00. The number of rotatable bonds is 7. The standard InChI is InChI=1S/C23H24N6O2/c1-15(19-5-3-4-6-21(19)30-2)9-24-22-8-20(26-14-27-22)16-7-17-11-28-29(18-12-31-13-18)23(17)25-10-16/h3-8,10-11,14-15,18H,9,12-13H2,1-2H3,(H,24,26,27). The van der Waals surface area contributed by atoms with E-state index in [0.717, 1.165) is 46.0 Å². The van der Waals surface area contributed by atoms with E-state index < -0.39 is 0 Å². The van der Waals surface area contributed by atoms with E-state index in [-0.39, 0.29) is 12.0 Å². The monoisotopic (exact) mass is 416 g/mol. The molecule has 1 aliphatic heterocycles. The van der Waals surface area contributed by atoms with Crippen molar-refractivity contribution in [1.82, 2.24) is 24.7 Å². The van der Waals surface area contributed by atoms with Crippen LogP contribution in [0.3, 0.4) is 0 Å². The molecule has 0 spiro atoms. The van der Waals surface area contributed by atoms with Gasteiger partial charge in [-0.2, -0.15) is 5.10 Å². The molecule has 1 saturated heterocycles. The third-order valence-electron chi connectivity index (χ3n) is 5.62. The third-order valence-corrected chi connectivity index (χ3v) is 5.62. The van der Waals surface area contributed by atoms with Crippen molar-refractivity contribution in [2.75, 3.05) is 32.2 Å². The Kier molecular flexibility index (Phi) is 5.21. The molecule has 1 atom stereocenters. The quantitative estimate of drug-likeness (QED) is 0.492. The number of methoxy groups -OCH3 is 1. The van der Waals surface area contributed by atoms with Crippen LogP contribution in [0.4, 0.5) is 5.82 Å². The van der Waals surface area contributed by atoms with Gasteiger partial charge in [-0.25, -0.2) is 19.6 Å². The van der Waals surface area contributed by atoms with Crippen molar-refractivity contribution in [3.63, 3.8) is 0 Å². The zero-order valence-corrected chi connectivity index (χ0v) is 17.5. The van der Waals surface area contributed by atoms with Gasteiger partial charge in [0.25, 0.3) is 0 Å². The van der Waals surface area contributed by atoms with Crippen LogP contribution in [0.15, 0.2) is 55.1 Å². The SMILES string of the molecule is COc1ccccc1C(C)CNc1cc(-c2cnc3c(cnn3C3COC3)c2)ncn1. The van der Waals surface area contributed by atoms with Gasteiger partial charge in [-0.05, 0) is 17.7 Å². The van der Waals surface area contributed by atoms with Crippen LogP contribution in [0.2, 0.25) is 0 Å². The summed E-state index contributed by atoms with van der Waals surface area (Å²) in [7, 11) is 1.70. The second-order valence-electron chi connectivity index (χ2n) is 7.73. The highest BCUT2D eigenvalue weighted by Crippen LogP contribution is 2.28. The number of benzene rings is 1. The first-order chi connectivity index (χ1) is 15.2. The summed E-state index contributed by atoms with van der Waals surface area (Å²) in [5.74, 6) is 1.93. The van der Waals surface area contributed by atoms with E-state index in [2.05, 4.69) is 44.4 Å². The van der Waals surface area contributed by atoms with E-state index in [1.165, 1.54) is 0 Å². The van der Waals surface area contributed by atoms with Crippen molar-refractivity contribution in [3.8, 4) is 17.0 Å². The van der Waals surface area contributed by atoms with Crippen LogP contribution in [0.5, 0.6) is 5.75 Å². The number of nitrogens with zero attached hydrogens (tertiary/aromatic N) is 5. The molecule has 0 bridgehead atoms. The lowest BCUT2D eigenvalue weighted by Gasteiger charge is -2.26. The van der Waals surface area contributed by atoms with E-state index in [1.807, 2.05) is 41.3 Å². The van der Waals surface area contributed by atoms with Gasteiger partial charge in [0.05, 0.1) is 32.2 Å². The summed E-state index contributed by atoms with van der Waals surface area (Å²) in [6.07, 6.45) is 5.26. The molecule has 1 fully saturated rings. The predicted molar refractivity (Wildman–Crippen MR) is 118 cm³/mol. The highest BCUT2D eigenvalue weighted by atomic mass is 16.5. The molecule has 0 amide bonds. The Labute approximate surface area is 180 Å². The van der Waals surface area contributed by atoms with Crippen LogP contribution in [-0.4, -0.2) is 51.6 Å². The number of hydrogen-bond acceptors (Lipinski definition) is 7. The fourth-order valence-corrected chi connectivity index (χ4v) is 3.76. The molecule has 0 radical (unpaired) electrons. The number of hydrogen-bond donors (Lipinski definition) is 1. The van der Waals surface area contributed by atoms with Crippen LogP contribution in [0.1, 0.15) is 24.4 Å². The molecule has 4 aromatic rings. The maximum Gasteiger partial charge on any atom is 0.158 e. The van der Waals surface area contributed by atoms with E-state index in [4.69, 9.17) is 9.47 Å². The molecule has 1 aromatic carbocycles. The minimum atomic E-state index is 0.258. The van der Waals surface area contributed by atoms with Crippen molar-refractivity contribution >= 4 is 16.9 Å². The number of para-hydroxylation sites is 1. The number of anilines is 1. The first-order valence-corrected chi connectivity index (χ1v) is 10.3. The molecular formula is C23H24N6O2. The molecule has 0 saturated carbocycles. The molecular weight excluding hydrogens is 392 g/mol. The van der Waals surface area contributed by atoms with Crippen LogP contribution >= 0.6 is 0 Å². The van der Waals surface area contributed by atoms with Gasteiger partial charge in [0.2, 0.25) is 0 Å². The Morgan fingerprint density at radius 1 is 1.16 bits per heavy atom. The number of nitrogens with one attached hydrogen (secondary N) is 1. The average Bonchev–Trinajstić information content (AvgIpc) is 3.19. The zero-order chi connectivity index (χ0) is 21.2. The van der Waals surface area contributed by atoms with Gasteiger partial charge in [-0.15, -0.1) is 0 Å². The number of aromatic nitrogens is 5. The van der Waals surface area contributed by atoms with Crippen molar-refractivity contribution in [2.24, 2.45) is 0 Å². The molecule has 3 aromatic heterocycles. The van der Waals surface area contributed by atoms with Gasteiger partial charge in [0, 0.05) is 35.7 Å². The highest BCUT2D eigenvalue weighted by molar-refractivity contribution is 5.80. The fourth-order valence-electron chi connectivity index (χ4n) is 3.76. The summed E-state index contributed by atoms with van der Waals surface area (Å²) < 4.78 is 12.7. The van der Waals surface area contributed by atoms with Crippen LogP contribution in [0.25, 0.3) is 22.3 Å². The summed E-state index contributed by atoms with van der Waals surface area (Å²) in [5, 5.41) is 8.89. The van der Waals surface area contributed by atoms with Crippen molar-refractivity contribution in [1.29, 1.82) is 0 Å². The molecule has 1 N–H and O–H groups in total. The Morgan fingerprint density at radius 3 is 2.84 bits per heavy atom. The maximum absolute atomic E-state index is 5.48. The van der Waals surface area contributed by atoms with Gasteiger partial charge in [0.15, 0.2) is 5.65 Å². The Morgan fingerprint density at radius 2 is 2.03 bits per heavy atom. The van der Waals surface area contributed by atoms with E-state index in [0.29, 0.717) is 13.2 Å². The molecule has 0 aliphatic carbocycles. The molecule has 8 nitrogen and oxygen atoms in total. The lowest BCUT2D eigenvalue weighted by molar-refractivity contribution is -0.0269. The second-order valence-corrected chi connectivity index (χ2v) is 7.73. The van der Waals surface area contributed by atoms with Gasteiger partial charge < -0.3 is 14.8 Å². The molecule has 1 unspecified atom stereocenters. The topological polar surface area (TPSA) is 87.0 Å². The smallest absolute Gasteiger partial charge is 0.158 e. The summed E-state index contributed by atoms with van der Waals surface area (Å²) in [6.45, 7) is 4.27. The van der Waals surface area contributed by atoms with Crippen molar-refractivity contribution < 1.29 is 9.47 Å². The Hall–Kier alpha value is -3.52. The number of pyridine rings is 1. The third kappa shape index (κ3) is 3.82. The maximum atomic E-state index is 5.48. The summed E-state index contributed by atoms with van der Waals surface area (Å²) in [4.78, 5) is 13.5. The van der Waals surface area contributed by atoms with Gasteiger partial charge in [0.1, 0.15) is 23.9 Å². The summed E-state index contributed by atoms with van der Waals surface area (Å²) >= 11 is 0. The molecule has 4 heterocycles. The van der Waals surface area contributed by atoms with E-state index in [9.17, 15) is 0 Å². The normalized spacial score (nSPS) is 14.9. The van der Waals surface area contributed by atoms with Gasteiger partial charge >= 0.3 is 0 Å². The summed E-state index contributed by atoms with van der Waals surface area (Å²) in [5.41, 5.74) is 3.78. The van der Waals surface area contributed by atoms with Crippen LogP contribution in [0, 0.1) is 0 Å². The van der Waals surface area contributed by atoms with Crippen LogP contribution in [-0.2, 0) is 4.74 Å². The second kappa shape index (κ2) is 8.31. The molecule has 5 rings (SSSR count). The van der Waals surface area contributed by atoms with Gasteiger partial charge in [-0.1, -0.05) is 25.1 Å². The fraction of sp³-hybridized carbons (Fsp3) is 0.304.